The molecule has 0 bridgehead atoms. The molecule has 0 radical (unpaired) electrons. The number of hydrogen-bond acceptors (Lipinski definition) is 3. The average Bonchev–Trinajstić information content (AvgIpc) is 3.18. The van der Waals surface area contributed by atoms with Crippen molar-refractivity contribution in [3.05, 3.63) is 58.9 Å². The van der Waals surface area contributed by atoms with Gasteiger partial charge in [-0.25, -0.2) is 0 Å². The van der Waals surface area contributed by atoms with Crippen LogP contribution in [0.25, 0.3) is 0 Å². The number of likely N-dealkylation sites (N-methyl/N-ethyl adjacent to an activating group) is 1. The quantitative estimate of drug-likeness (QED) is 0.794. The first kappa shape index (κ1) is 14.8. The molecule has 23 heavy (non-hydrogen) atoms. The molecule has 2 aliphatic rings. The van der Waals surface area contributed by atoms with Crippen molar-refractivity contribution in [2.45, 2.75) is 18.5 Å². The van der Waals surface area contributed by atoms with Crippen molar-refractivity contribution in [3.8, 4) is 0 Å². The summed E-state index contributed by atoms with van der Waals surface area (Å²) >= 11 is 6.03. The molecule has 3 atom stereocenters. The molecule has 1 fully saturated rings. The number of aromatic nitrogens is 1. The summed E-state index contributed by atoms with van der Waals surface area (Å²) in [5, 5.41) is 0.710. The smallest absolute Gasteiger partial charge is 0.316 e. The van der Waals surface area contributed by atoms with Crippen molar-refractivity contribution in [2.75, 3.05) is 20.7 Å². The Morgan fingerprint density at radius 2 is 2.04 bits per heavy atom. The fourth-order valence-electron chi connectivity index (χ4n) is 4.53. The zero-order valence-electron chi connectivity index (χ0n) is 13.2. The minimum atomic E-state index is -0.575. The maximum absolute atomic E-state index is 12.9. The summed E-state index contributed by atoms with van der Waals surface area (Å²) < 4.78 is 7.44. The van der Waals surface area contributed by atoms with Crippen LogP contribution in [0.4, 0.5) is 0 Å². The van der Waals surface area contributed by atoms with Crippen LogP contribution in [-0.4, -0.2) is 36.1 Å². The minimum absolute atomic E-state index is 0.0469. The van der Waals surface area contributed by atoms with Crippen molar-refractivity contribution in [1.82, 2.24) is 9.47 Å². The summed E-state index contributed by atoms with van der Waals surface area (Å²) in [6.07, 6.45) is 2.05. The summed E-state index contributed by atoms with van der Waals surface area (Å²) in [4.78, 5) is 15.2. The van der Waals surface area contributed by atoms with Gasteiger partial charge in [-0.3, -0.25) is 9.69 Å². The Balaban J connectivity index is 1.86. The van der Waals surface area contributed by atoms with Crippen LogP contribution in [0, 0.1) is 5.41 Å². The van der Waals surface area contributed by atoms with E-state index < -0.39 is 5.41 Å². The monoisotopic (exact) mass is 330 g/mol. The van der Waals surface area contributed by atoms with Gasteiger partial charge in [-0.1, -0.05) is 23.7 Å². The standard InChI is InChI=1S/C18H19ClN2O2/c1-20-10-14(12-5-7-13(19)8-6-12)18(17(22)23-2)11-21-9-3-4-15(21)16(18)20/h3-9,14,16H,10-11H2,1-2H3/t14-,16-,18+/m0/s1. The van der Waals surface area contributed by atoms with Gasteiger partial charge in [0, 0.05) is 35.9 Å². The normalized spacial score (nSPS) is 29.3. The van der Waals surface area contributed by atoms with Crippen molar-refractivity contribution in [3.63, 3.8) is 0 Å². The van der Waals surface area contributed by atoms with Gasteiger partial charge in [0.25, 0.3) is 0 Å². The van der Waals surface area contributed by atoms with Crippen LogP contribution < -0.4 is 0 Å². The topological polar surface area (TPSA) is 34.5 Å². The molecule has 4 nitrogen and oxygen atoms in total. The van der Waals surface area contributed by atoms with Gasteiger partial charge in [-0.15, -0.1) is 0 Å². The Labute approximate surface area is 140 Å². The van der Waals surface area contributed by atoms with Crippen molar-refractivity contribution in [1.29, 1.82) is 0 Å². The molecule has 3 heterocycles. The third-order valence-corrected chi connectivity index (χ3v) is 5.69. The van der Waals surface area contributed by atoms with Crippen LogP contribution in [0.15, 0.2) is 42.6 Å². The summed E-state index contributed by atoms with van der Waals surface area (Å²) in [6.45, 7) is 1.48. The number of benzene rings is 1. The highest BCUT2D eigenvalue weighted by Crippen LogP contribution is 2.59. The molecule has 2 aromatic rings. The Bertz CT molecular complexity index is 755. The maximum Gasteiger partial charge on any atom is 0.316 e. The van der Waals surface area contributed by atoms with Crippen LogP contribution in [0.1, 0.15) is 23.2 Å². The predicted molar refractivity (Wildman–Crippen MR) is 88.4 cm³/mol. The second-order valence-electron chi connectivity index (χ2n) is 6.54. The largest absolute Gasteiger partial charge is 0.468 e. The van der Waals surface area contributed by atoms with Crippen LogP contribution in [0.5, 0.6) is 0 Å². The molecule has 2 aliphatic heterocycles. The molecule has 5 heteroatoms. The number of fused-ring (bicyclic) bond motifs is 3. The van der Waals surface area contributed by atoms with Crippen LogP contribution >= 0.6 is 11.6 Å². The summed E-state index contributed by atoms with van der Waals surface area (Å²) in [6, 6.07) is 12.0. The fourth-order valence-corrected chi connectivity index (χ4v) is 4.66. The van der Waals surface area contributed by atoms with Crippen molar-refractivity contribution < 1.29 is 9.53 Å². The van der Waals surface area contributed by atoms with Crippen LogP contribution in [0.3, 0.4) is 0 Å². The second kappa shape index (κ2) is 5.11. The molecule has 0 saturated carbocycles. The van der Waals surface area contributed by atoms with Gasteiger partial charge in [-0.05, 0) is 36.9 Å². The molecule has 1 saturated heterocycles. The van der Waals surface area contributed by atoms with Crippen molar-refractivity contribution >= 4 is 17.6 Å². The van der Waals surface area contributed by atoms with E-state index >= 15 is 0 Å². The highest BCUT2D eigenvalue weighted by molar-refractivity contribution is 6.30. The number of ether oxygens (including phenoxy) is 1. The van der Waals surface area contributed by atoms with Gasteiger partial charge in [0.15, 0.2) is 0 Å². The number of hydrogen-bond donors (Lipinski definition) is 0. The molecule has 120 valence electrons. The Hall–Kier alpha value is -1.78. The molecule has 0 amide bonds. The fraction of sp³-hybridized carbons (Fsp3) is 0.389. The van der Waals surface area contributed by atoms with Gasteiger partial charge in [-0.2, -0.15) is 0 Å². The van der Waals surface area contributed by atoms with Gasteiger partial charge in [0.1, 0.15) is 5.41 Å². The van der Waals surface area contributed by atoms with E-state index in [1.807, 2.05) is 36.5 Å². The minimum Gasteiger partial charge on any atom is -0.468 e. The van der Waals surface area contributed by atoms with E-state index in [1.165, 1.54) is 12.8 Å². The number of carbonyl (C=O) groups is 1. The molecule has 1 aromatic heterocycles. The molecule has 1 aromatic carbocycles. The van der Waals surface area contributed by atoms with Crippen LogP contribution in [-0.2, 0) is 16.1 Å². The molecule has 0 aliphatic carbocycles. The van der Waals surface area contributed by atoms with E-state index in [-0.39, 0.29) is 17.9 Å². The highest BCUT2D eigenvalue weighted by Gasteiger charge is 2.63. The van der Waals surface area contributed by atoms with Gasteiger partial charge >= 0.3 is 5.97 Å². The Kier molecular flexibility index (Phi) is 3.29. The van der Waals surface area contributed by atoms with E-state index in [0.29, 0.717) is 11.6 Å². The SMILES string of the molecule is COC(=O)[C@@]12Cn3cccc3[C@@H]1N(C)C[C@H]2c1ccc(Cl)cc1. The lowest BCUT2D eigenvalue weighted by atomic mass is 9.71. The van der Waals surface area contributed by atoms with Crippen LogP contribution in [0.2, 0.25) is 5.02 Å². The lowest BCUT2D eigenvalue weighted by molar-refractivity contribution is -0.155. The first-order chi connectivity index (χ1) is 11.1. The third-order valence-electron chi connectivity index (χ3n) is 5.44. The maximum atomic E-state index is 12.9. The molecule has 0 unspecified atom stereocenters. The summed E-state index contributed by atoms with van der Waals surface area (Å²) in [7, 11) is 3.57. The number of nitrogens with zero attached hydrogens (tertiary/aromatic N) is 2. The van der Waals surface area contributed by atoms with E-state index in [2.05, 4.69) is 22.6 Å². The molecule has 0 spiro atoms. The number of rotatable bonds is 2. The summed E-state index contributed by atoms with van der Waals surface area (Å²) in [5.41, 5.74) is 1.75. The molecule has 0 N–H and O–H groups in total. The second-order valence-corrected chi connectivity index (χ2v) is 6.98. The van der Waals surface area contributed by atoms with Gasteiger partial charge in [0.05, 0.1) is 13.2 Å². The van der Waals surface area contributed by atoms with Gasteiger partial charge in [0.2, 0.25) is 0 Å². The lowest BCUT2D eigenvalue weighted by Crippen LogP contribution is -2.40. The summed E-state index contributed by atoms with van der Waals surface area (Å²) in [5.74, 6) is -0.0439. The van der Waals surface area contributed by atoms with Crippen molar-refractivity contribution in [2.24, 2.45) is 5.41 Å². The first-order valence-electron chi connectivity index (χ1n) is 7.77. The molecule has 4 rings (SSSR count). The van der Waals surface area contributed by atoms with E-state index in [9.17, 15) is 4.79 Å². The number of likely N-dealkylation sites (tertiary alicyclic amines) is 1. The van der Waals surface area contributed by atoms with E-state index in [0.717, 1.165) is 12.1 Å². The molecular formula is C18H19ClN2O2. The zero-order valence-corrected chi connectivity index (χ0v) is 14.0. The first-order valence-corrected chi connectivity index (χ1v) is 8.15. The van der Waals surface area contributed by atoms with E-state index in [1.54, 1.807) is 0 Å². The third kappa shape index (κ3) is 1.91. The zero-order chi connectivity index (χ0) is 16.2. The number of halogens is 1. The predicted octanol–water partition coefficient (Wildman–Crippen LogP) is 3.08. The number of methoxy groups -OCH3 is 1. The molecular weight excluding hydrogens is 312 g/mol. The number of carbonyl (C=O) groups excluding carboxylic acids is 1. The Morgan fingerprint density at radius 3 is 2.74 bits per heavy atom. The van der Waals surface area contributed by atoms with Gasteiger partial charge < -0.3 is 9.30 Å². The average molecular weight is 331 g/mol. The Morgan fingerprint density at radius 1 is 1.30 bits per heavy atom. The lowest BCUT2D eigenvalue weighted by Gasteiger charge is -2.32. The van der Waals surface area contributed by atoms with E-state index in [4.69, 9.17) is 16.3 Å². The highest BCUT2D eigenvalue weighted by atomic mass is 35.5. The number of esters is 1.